The number of hydrogen-bond donors (Lipinski definition) is 2. The predicted octanol–water partition coefficient (Wildman–Crippen LogP) is 0.177. The van der Waals surface area contributed by atoms with Gasteiger partial charge in [-0.15, -0.1) is 0 Å². The largest absolute Gasteiger partial charge is 0.388 e. The third kappa shape index (κ3) is 2.96. The number of aryl methyl sites for hydroxylation is 2. The summed E-state index contributed by atoms with van der Waals surface area (Å²) in [6, 6.07) is 0. The van der Waals surface area contributed by atoms with Crippen molar-refractivity contribution in [2.24, 2.45) is 0 Å². The maximum Gasteiger partial charge on any atom is 0.227 e. The minimum absolute atomic E-state index is 0.00820. The molecule has 0 aromatic carbocycles. The highest BCUT2D eigenvalue weighted by Crippen LogP contribution is 2.17. The van der Waals surface area contributed by atoms with Gasteiger partial charge in [0, 0.05) is 31.0 Å². The number of β-amino-alcohol motifs (C(OH)–C–C–N with tert-alkyl or cyclic N) is 1. The van der Waals surface area contributed by atoms with Gasteiger partial charge in [-0.25, -0.2) is 0 Å². The molecular formula is C13H21N3O3. The number of aliphatic hydroxyl groups is 1. The number of H-pyrrole nitrogens is 1. The average Bonchev–Trinajstić information content (AvgIpc) is 2.88. The van der Waals surface area contributed by atoms with E-state index < -0.39 is 6.10 Å². The highest BCUT2D eigenvalue weighted by atomic mass is 16.5. The molecule has 1 aliphatic heterocycles. The standard InChI is InChI=1S/C13H21N3O3/c1-4-19-12-7-16(6-11(12)17)13(18)5-10-8(2)14-15-9(10)3/h11-12,17H,4-7H2,1-3H3,(H,14,15)/t11-,12-/m0/s1. The Morgan fingerprint density at radius 1 is 1.53 bits per heavy atom. The molecule has 2 atom stereocenters. The van der Waals surface area contributed by atoms with Crippen LogP contribution < -0.4 is 0 Å². The lowest BCUT2D eigenvalue weighted by Crippen LogP contribution is -2.31. The summed E-state index contributed by atoms with van der Waals surface area (Å²) < 4.78 is 5.42. The fourth-order valence-corrected chi connectivity index (χ4v) is 2.44. The summed E-state index contributed by atoms with van der Waals surface area (Å²) in [4.78, 5) is 13.9. The molecule has 106 valence electrons. The van der Waals surface area contributed by atoms with Crippen LogP contribution in [0.4, 0.5) is 0 Å². The molecule has 6 nitrogen and oxygen atoms in total. The van der Waals surface area contributed by atoms with Crippen molar-refractivity contribution in [3.8, 4) is 0 Å². The molecule has 2 rings (SSSR count). The van der Waals surface area contributed by atoms with E-state index in [0.717, 1.165) is 17.0 Å². The maximum atomic E-state index is 12.2. The van der Waals surface area contributed by atoms with Crippen molar-refractivity contribution in [3.05, 3.63) is 17.0 Å². The first-order chi connectivity index (χ1) is 9.02. The van der Waals surface area contributed by atoms with E-state index in [1.165, 1.54) is 0 Å². The third-order valence-electron chi connectivity index (χ3n) is 3.58. The van der Waals surface area contributed by atoms with Crippen molar-refractivity contribution < 1.29 is 14.6 Å². The van der Waals surface area contributed by atoms with Crippen molar-refractivity contribution in [2.75, 3.05) is 19.7 Å². The van der Waals surface area contributed by atoms with Gasteiger partial charge in [-0.1, -0.05) is 0 Å². The lowest BCUT2D eigenvalue weighted by molar-refractivity contribution is -0.130. The number of aromatic amines is 1. The smallest absolute Gasteiger partial charge is 0.227 e. The van der Waals surface area contributed by atoms with Crippen LogP contribution in [0.3, 0.4) is 0 Å². The number of amides is 1. The van der Waals surface area contributed by atoms with Crippen molar-refractivity contribution in [2.45, 2.75) is 39.4 Å². The Labute approximate surface area is 112 Å². The number of hydrogen-bond acceptors (Lipinski definition) is 4. The molecule has 1 aromatic rings. The molecule has 1 fully saturated rings. The van der Waals surface area contributed by atoms with Crippen LogP contribution in [0.15, 0.2) is 0 Å². The zero-order chi connectivity index (χ0) is 14.0. The lowest BCUT2D eigenvalue weighted by atomic mass is 10.1. The number of aliphatic hydroxyl groups excluding tert-OH is 1. The molecule has 1 aliphatic rings. The number of rotatable bonds is 4. The van der Waals surface area contributed by atoms with Crippen molar-refractivity contribution >= 4 is 5.91 Å². The molecule has 19 heavy (non-hydrogen) atoms. The van der Waals surface area contributed by atoms with E-state index in [1.807, 2.05) is 20.8 Å². The Bertz CT molecular complexity index is 438. The summed E-state index contributed by atoms with van der Waals surface area (Å²) >= 11 is 0. The van der Waals surface area contributed by atoms with Gasteiger partial charge in [0.1, 0.15) is 6.10 Å². The van der Waals surface area contributed by atoms with Gasteiger partial charge >= 0.3 is 0 Å². The van der Waals surface area contributed by atoms with Crippen LogP contribution in [0, 0.1) is 13.8 Å². The number of nitrogens with one attached hydrogen (secondary N) is 1. The summed E-state index contributed by atoms with van der Waals surface area (Å²) in [7, 11) is 0. The quantitative estimate of drug-likeness (QED) is 0.815. The second-order valence-corrected chi connectivity index (χ2v) is 4.95. The van der Waals surface area contributed by atoms with Crippen LogP contribution in [-0.4, -0.2) is 58.0 Å². The molecule has 2 heterocycles. The highest BCUT2D eigenvalue weighted by molar-refractivity contribution is 5.79. The van der Waals surface area contributed by atoms with Crippen LogP contribution in [0.1, 0.15) is 23.9 Å². The first-order valence-corrected chi connectivity index (χ1v) is 6.60. The van der Waals surface area contributed by atoms with E-state index in [-0.39, 0.29) is 12.0 Å². The van der Waals surface area contributed by atoms with Gasteiger partial charge in [-0.05, 0) is 20.8 Å². The van der Waals surface area contributed by atoms with E-state index in [1.54, 1.807) is 4.90 Å². The third-order valence-corrected chi connectivity index (χ3v) is 3.58. The Balaban J connectivity index is 1.98. The molecule has 0 bridgehead atoms. The van der Waals surface area contributed by atoms with E-state index >= 15 is 0 Å². The van der Waals surface area contributed by atoms with Crippen LogP contribution >= 0.6 is 0 Å². The summed E-state index contributed by atoms with van der Waals surface area (Å²) in [5.74, 6) is 0.00820. The van der Waals surface area contributed by atoms with E-state index in [2.05, 4.69) is 10.2 Å². The van der Waals surface area contributed by atoms with Crippen molar-refractivity contribution in [1.29, 1.82) is 0 Å². The monoisotopic (exact) mass is 267 g/mol. The second kappa shape index (κ2) is 5.71. The van der Waals surface area contributed by atoms with Crippen molar-refractivity contribution in [3.63, 3.8) is 0 Å². The molecule has 0 spiro atoms. The Hall–Kier alpha value is -1.40. The molecule has 6 heteroatoms. The first-order valence-electron chi connectivity index (χ1n) is 6.60. The highest BCUT2D eigenvalue weighted by Gasteiger charge is 2.34. The number of carbonyl (C=O) groups excluding carboxylic acids is 1. The summed E-state index contributed by atoms with van der Waals surface area (Å²) in [5.41, 5.74) is 2.72. The lowest BCUT2D eigenvalue weighted by Gasteiger charge is -2.16. The average molecular weight is 267 g/mol. The summed E-state index contributed by atoms with van der Waals surface area (Å²) in [5, 5.41) is 16.8. The van der Waals surface area contributed by atoms with Crippen LogP contribution in [-0.2, 0) is 16.0 Å². The molecule has 1 aromatic heterocycles. The van der Waals surface area contributed by atoms with Gasteiger partial charge < -0.3 is 14.7 Å². The van der Waals surface area contributed by atoms with E-state index in [0.29, 0.717) is 26.1 Å². The SMILES string of the molecule is CCO[C@H]1CN(C(=O)Cc2c(C)n[nH]c2C)C[C@@H]1O. The molecule has 0 saturated carbocycles. The maximum absolute atomic E-state index is 12.2. The fraction of sp³-hybridized carbons (Fsp3) is 0.692. The molecule has 2 N–H and O–H groups in total. The van der Waals surface area contributed by atoms with Crippen LogP contribution in [0.2, 0.25) is 0 Å². The molecule has 0 aliphatic carbocycles. The molecule has 1 amide bonds. The van der Waals surface area contributed by atoms with Crippen LogP contribution in [0.5, 0.6) is 0 Å². The van der Waals surface area contributed by atoms with Gasteiger partial charge in [0.2, 0.25) is 5.91 Å². The minimum Gasteiger partial charge on any atom is -0.388 e. The normalized spacial score (nSPS) is 23.1. The van der Waals surface area contributed by atoms with Gasteiger partial charge in [-0.3, -0.25) is 9.89 Å². The topological polar surface area (TPSA) is 78.5 Å². The van der Waals surface area contributed by atoms with E-state index in [4.69, 9.17) is 4.74 Å². The Morgan fingerprint density at radius 3 is 2.84 bits per heavy atom. The number of ether oxygens (including phenoxy) is 1. The van der Waals surface area contributed by atoms with Gasteiger partial charge in [-0.2, -0.15) is 5.10 Å². The van der Waals surface area contributed by atoms with E-state index in [9.17, 15) is 9.90 Å². The number of likely N-dealkylation sites (tertiary alicyclic amines) is 1. The predicted molar refractivity (Wildman–Crippen MR) is 69.8 cm³/mol. The van der Waals surface area contributed by atoms with Crippen molar-refractivity contribution in [1.82, 2.24) is 15.1 Å². The zero-order valence-corrected chi connectivity index (χ0v) is 11.6. The molecule has 1 saturated heterocycles. The zero-order valence-electron chi connectivity index (χ0n) is 11.6. The summed E-state index contributed by atoms with van der Waals surface area (Å²) in [6.07, 6.45) is -0.532. The van der Waals surface area contributed by atoms with Gasteiger partial charge in [0.15, 0.2) is 0 Å². The molecule has 0 radical (unpaired) electrons. The number of aromatic nitrogens is 2. The molecule has 0 unspecified atom stereocenters. The van der Waals surface area contributed by atoms with Gasteiger partial charge in [0.25, 0.3) is 0 Å². The fourth-order valence-electron chi connectivity index (χ4n) is 2.44. The Kier molecular flexibility index (Phi) is 4.21. The van der Waals surface area contributed by atoms with Crippen LogP contribution in [0.25, 0.3) is 0 Å². The summed E-state index contributed by atoms with van der Waals surface area (Å²) in [6.45, 7) is 7.03. The Morgan fingerprint density at radius 2 is 2.26 bits per heavy atom. The number of nitrogens with zero attached hydrogens (tertiary/aromatic N) is 2. The minimum atomic E-state index is -0.588. The first kappa shape index (κ1) is 14.0. The molecular weight excluding hydrogens is 246 g/mol. The number of carbonyl (C=O) groups is 1. The van der Waals surface area contributed by atoms with Gasteiger partial charge in [0.05, 0.1) is 18.2 Å². The second-order valence-electron chi connectivity index (χ2n) is 4.95.